The van der Waals surface area contributed by atoms with Gasteiger partial charge in [0.15, 0.2) is 0 Å². The summed E-state index contributed by atoms with van der Waals surface area (Å²) < 4.78 is 0. The number of aliphatic hydroxyl groups excluding tert-OH is 1. The van der Waals surface area contributed by atoms with Crippen molar-refractivity contribution in [1.29, 1.82) is 0 Å². The van der Waals surface area contributed by atoms with Crippen LogP contribution >= 0.6 is 0 Å². The molecule has 0 aromatic rings. The molecule has 0 aliphatic carbocycles. The van der Waals surface area contributed by atoms with Crippen molar-refractivity contribution in [2.24, 2.45) is 5.41 Å². The number of nitrogens with one attached hydrogen (secondary N) is 1. The number of carbonyl (C=O) groups is 1. The zero-order valence-electron chi connectivity index (χ0n) is 10.0. The molecule has 0 aromatic carbocycles. The number of aliphatic hydroxyl groups is 1. The molecule has 2 fully saturated rings. The van der Waals surface area contributed by atoms with Crippen LogP contribution in [-0.2, 0) is 4.79 Å². The molecule has 0 saturated carbocycles. The third-order valence-corrected chi connectivity index (χ3v) is 4.41. The van der Waals surface area contributed by atoms with E-state index in [0.717, 1.165) is 32.5 Å². The summed E-state index contributed by atoms with van der Waals surface area (Å²) >= 11 is 0. The van der Waals surface area contributed by atoms with Crippen molar-refractivity contribution in [2.75, 3.05) is 26.2 Å². The minimum atomic E-state index is -0.345. The van der Waals surface area contributed by atoms with Gasteiger partial charge in [-0.25, -0.2) is 0 Å². The molecule has 16 heavy (non-hydrogen) atoms. The van der Waals surface area contributed by atoms with Crippen molar-refractivity contribution in [1.82, 2.24) is 10.2 Å². The van der Waals surface area contributed by atoms with Crippen LogP contribution in [0.1, 0.15) is 32.6 Å². The molecule has 2 saturated heterocycles. The Hall–Kier alpha value is -0.610. The van der Waals surface area contributed by atoms with Crippen LogP contribution in [0.4, 0.5) is 0 Å². The maximum absolute atomic E-state index is 11.4. The number of amides is 1. The molecule has 92 valence electrons. The quantitative estimate of drug-likeness (QED) is 0.715. The van der Waals surface area contributed by atoms with Gasteiger partial charge in [0.25, 0.3) is 0 Å². The number of carbonyl (C=O) groups excluding carboxylic acids is 1. The normalized spacial score (nSPS) is 28.6. The van der Waals surface area contributed by atoms with Gasteiger partial charge in [0.2, 0.25) is 5.91 Å². The minimum absolute atomic E-state index is 0.117. The summed E-state index contributed by atoms with van der Waals surface area (Å²) in [6, 6.07) is 0.624. The predicted octanol–water partition coefficient (Wildman–Crippen LogP) is 0.359. The van der Waals surface area contributed by atoms with Crippen LogP contribution in [0.25, 0.3) is 0 Å². The Morgan fingerprint density at radius 2 is 2.12 bits per heavy atom. The summed E-state index contributed by atoms with van der Waals surface area (Å²) in [5, 5.41) is 12.4. The van der Waals surface area contributed by atoms with Crippen LogP contribution < -0.4 is 5.32 Å². The Kier molecular flexibility index (Phi) is 3.50. The van der Waals surface area contributed by atoms with Crippen molar-refractivity contribution in [3.63, 3.8) is 0 Å². The van der Waals surface area contributed by atoms with Crippen LogP contribution in [-0.4, -0.2) is 48.2 Å². The van der Waals surface area contributed by atoms with E-state index >= 15 is 0 Å². The van der Waals surface area contributed by atoms with E-state index in [9.17, 15) is 4.79 Å². The second kappa shape index (κ2) is 4.72. The SMILES string of the molecule is CCC1NCCC12CCN(C(=O)CO)CC2. The summed E-state index contributed by atoms with van der Waals surface area (Å²) in [4.78, 5) is 13.2. The highest BCUT2D eigenvalue weighted by Crippen LogP contribution is 2.42. The fourth-order valence-electron chi connectivity index (χ4n) is 3.36. The molecule has 1 amide bonds. The topological polar surface area (TPSA) is 52.6 Å². The largest absolute Gasteiger partial charge is 0.387 e. The molecule has 1 atom stereocenters. The van der Waals surface area contributed by atoms with Gasteiger partial charge in [0.1, 0.15) is 6.61 Å². The summed E-state index contributed by atoms with van der Waals surface area (Å²) in [6.45, 7) is 4.64. The van der Waals surface area contributed by atoms with Crippen LogP contribution in [0.2, 0.25) is 0 Å². The lowest BCUT2D eigenvalue weighted by Crippen LogP contribution is -2.48. The van der Waals surface area contributed by atoms with Crippen LogP contribution in [0.3, 0.4) is 0 Å². The highest BCUT2D eigenvalue weighted by Gasteiger charge is 2.44. The molecule has 0 radical (unpaired) electrons. The average molecular weight is 226 g/mol. The molecule has 2 aliphatic rings. The molecular weight excluding hydrogens is 204 g/mol. The first-order chi connectivity index (χ1) is 7.72. The second-order valence-electron chi connectivity index (χ2n) is 5.07. The van der Waals surface area contributed by atoms with Gasteiger partial charge < -0.3 is 15.3 Å². The van der Waals surface area contributed by atoms with Gasteiger partial charge in [-0.15, -0.1) is 0 Å². The molecule has 2 rings (SSSR count). The molecule has 1 spiro atoms. The number of hydrogen-bond donors (Lipinski definition) is 2. The van der Waals surface area contributed by atoms with Gasteiger partial charge in [-0.3, -0.25) is 4.79 Å². The standard InChI is InChI=1S/C12H22N2O2/c1-2-10-12(3-6-13-10)4-7-14(8-5-12)11(16)9-15/h10,13,15H,2-9H2,1H3. The van der Waals surface area contributed by atoms with E-state index in [1.807, 2.05) is 0 Å². The summed E-state index contributed by atoms with van der Waals surface area (Å²) in [7, 11) is 0. The van der Waals surface area contributed by atoms with Gasteiger partial charge >= 0.3 is 0 Å². The number of nitrogens with zero attached hydrogens (tertiary/aromatic N) is 1. The van der Waals surface area contributed by atoms with Gasteiger partial charge in [-0.05, 0) is 37.6 Å². The van der Waals surface area contributed by atoms with E-state index in [-0.39, 0.29) is 12.5 Å². The highest BCUT2D eigenvalue weighted by atomic mass is 16.3. The Morgan fingerprint density at radius 1 is 1.44 bits per heavy atom. The van der Waals surface area contributed by atoms with Crippen molar-refractivity contribution >= 4 is 5.91 Å². The van der Waals surface area contributed by atoms with Gasteiger partial charge in [0.05, 0.1) is 0 Å². The molecular formula is C12H22N2O2. The van der Waals surface area contributed by atoms with E-state index in [2.05, 4.69) is 12.2 Å². The third kappa shape index (κ3) is 1.96. The minimum Gasteiger partial charge on any atom is -0.387 e. The van der Waals surface area contributed by atoms with Crippen LogP contribution in [0, 0.1) is 5.41 Å². The first-order valence-corrected chi connectivity index (χ1v) is 6.34. The van der Waals surface area contributed by atoms with Crippen molar-refractivity contribution in [3.05, 3.63) is 0 Å². The number of piperidine rings is 1. The van der Waals surface area contributed by atoms with Crippen LogP contribution in [0.5, 0.6) is 0 Å². The third-order valence-electron chi connectivity index (χ3n) is 4.41. The Morgan fingerprint density at radius 3 is 2.69 bits per heavy atom. The predicted molar refractivity (Wildman–Crippen MR) is 62.0 cm³/mol. The van der Waals surface area contributed by atoms with Crippen molar-refractivity contribution in [2.45, 2.75) is 38.6 Å². The molecule has 4 nitrogen and oxygen atoms in total. The molecule has 2 aliphatic heterocycles. The Balaban J connectivity index is 1.95. The van der Waals surface area contributed by atoms with Gasteiger partial charge in [-0.1, -0.05) is 6.92 Å². The van der Waals surface area contributed by atoms with Crippen molar-refractivity contribution in [3.8, 4) is 0 Å². The number of rotatable bonds is 2. The Labute approximate surface area is 97.0 Å². The van der Waals surface area contributed by atoms with E-state index in [0.29, 0.717) is 11.5 Å². The lowest BCUT2D eigenvalue weighted by molar-refractivity contribution is -0.136. The smallest absolute Gasteiger partial charge is 0.248 e. The molecule has 4 heteroatoms. The summed E-state index contributed by atoms with van der Waals surface area (Å²) in [5.74, 6) is -0.117. The maximum atomic E-state index is 11.4. The maximum Gasteiger partial charge on any atom is 0.248 e. The number of likely N-dealkylation sites (tertiary alicyclic amines) is 1. The monoisotopic (exact) mass is 226 g/mol. The van der Waals surface area contributed by atoms with E-state index in [1.54, 1.807) is 4.90 Å². The fraction of sp³-hybridized carbons (Fsp3) is 0.917. The van der Waals surface area contributed by atoms with Crippen molar-refractivity contribution < 1.29 is 9.90 Å². The fourth-order valence-corrected chi connectivity index (χ4v) is 3.36. The van der Waals surface area contributed by atoms with E-state index < -0.39 is 0 Å². The molecule has 1 unspecified atom stereocenters. The Bertz CT molecular complexity index is 260. The van der Waals surface area contributed by atoms with Gasteiger partial charge in [0, 0.05) is 19.1 Å². The first-order valence-electron chi connectivity index (χ1n) is 6.34. The number of hydrogen-bond acceptors (Lipinski definition) is 3. The highest BCUT2D eigenvalue weighted by molar-refractivity contribution is 5.77. The van der Waals surface area contributed by atoms with E-state index in [1.165, 1.54) is 12.8 Å². The summed E-state index contributed by atoms with van der Waals surface area (Å²) in [6.07, 6.45) is 4.59. The molecule has 0 aromatic heterocycles. The lowest BCUT2D eigenvalue weighted by atomic mass is 9.72. The zero-order valence-corrected chi connectivity index (χ0v) is 10.0. The first kappa shape index (κ1) is 11.9. The molecule has 2 N–H and O–H groups in total. The van der Waals surface area contributed by atoms with Gasteiger partial charge in [-0.2, -0.15) is 0 Å². The molecule has 0 bridgehead atoms. The van der Waals surface area contributed by atoms with E-state index in [4.69, 9.17) is 5.11 Å². The van der Waals surface area contributed by atoms with Crippen LogP contribution in [0.15, 0.2) is 0 Å². The summed E-state index contributed by atoms with van der Waals surface area (Å²) in [5.41, 5.74) is 0.418. The zero-order chi connectivity index (χ0) is 11.6. The molecule has 2 heterocycles. The lowest BCUT2D eigenvalue weighted by Gasteiger charge is -2.42. The second-order valence-corrected chi connectivity index (χ2v) is 5.07. The average Bonchev–Trinajstić information content (AvgIpc) is 2.72.